The van der Waals surface area contributed by atoms with E-state index in [4.69, 9.17) is 4.42 Å². The van der Waals surface area contributed by atoms with Crippen LogP contribution in [0.4, 0.5) is 0 Å². The Morgan fingerprint density at radius 3 is 0.805 bits per heavy atom. The van der Waals surface area contributed by atoms with Gasteiger partial charge in [0.25, 0.3) is 0 Å². The SMILES string of the molecule is c1cc(-n2c3ccccc3c3ccccc32)cc(-n2c3ccccc3c3cc(-n4c5ccccc5c5ccccc54)ccc32)c1.c1ccc(-c2ccccc2-n2c3ccccc3c3cc(-n4c5ccccc5c5ccccc54)ccc32)cc1.c1ccc([Si](c2ccccc2)(c2ccccc2)c2cc(-n3c4ccccc4c4ccccc43)cc3c2oc2ccccc23)cc1. The third-order valence-electron chi connectivity index (χ3n) is 26.5. The van der Waals surface area contributed by atoms with Crippen molar-refractivity contribution in [3.63, 3.8) is 0 Å². The molecule has 8 heteroatoms. The van der Waals surface area contributed by atoms with Crippen LogP contribution in [0.5, 0.6) is 0 Å². The first-order valence-electron chi connectivity index (χ1n) is 44.0. The van der Waals surface area contributed by atoms with Gasteiger partial charge in [0.1, 0.15) is 11.2 Å². The monoisotopic (exact) mass is 1650 g/mol. The lowest BCUT2D eigenvalue weighted by Gasteiger charge is -2.34. The van der Waals surface area contributed by atoms with Gasteiger partial charge in [0, 0.05) is 109 Å². The van der Waals surface area contributed by atoms with Crippen LogP contribution in [-0.2, 0) is 0 Å². The number of furan rings is 1. The molecule has 0 atom stereocenters. The van der Waals surface area contributed by atoms with Crippen molar-refractivity contribution >= 4 is 182 Å². The maximum absolute atomic E-state index is 6.93. The maximum Gasteiger partial charge on any atom is 0.184 e. The molecular formula is C120H80N6OSi. The van der Waals surface area contributed by atoms with Gasteiger partial charge in [0.15, 0.2) is 8.07 Å². The first-order valence-corrected chi connectivity index (χ1v) is 46.0. The molecule has 0 aliphatic rings. The van der Waals surface area contributed by atoms with Crippen molar-refractivity contribution in [2.24, 2.45) is 0 Å². The fourth-order valence-electron chi connectivity index (χ4n) is 21.1. The highest BCUT2D eigenvalue weighted by atomic mass is 28.3. The molecule has 7 nitrogen and oxygen atoms in total. The van der Waals surface area contributed by atoms with Gasteiger partial charge in [-0.2, -0.15) is 0 Å². The zero-order valence-corrected chi connectivity index (χ0v) is 70.8. The summed E-state index contributed by atoms with van der Waals surface area (Å²) in [7, 11) is -2.91. The minimum atomic E-state index is -2.91. The second kappa shape index (κ2) is 30.3. The van der Waals surface area contributed by atoms with Gasteiger partial charge in [-0.15, -0.1) is 0 Å². The van der Waals surface area contributed by atoms with E-state index in [-0.39, 0.29) is 0 Å². The molecule has 27 aromatic rings. The third kappa shape index (κ3) is 11.7. The second-order valence-corrected chi connectivity index (χ2v) is 37.1. The lowest BCUT2D eigenvalue weighted by molar-refractivity contribution is 0.671. The highest BCUT2D eigenvalue weighted by Crippen LogP contribution is 2.44. The van der Waals surface area contributed by atoms with Crippen LogP contribution < -0.4 is 20.7 Å². The first-order chi connectivity index (χ1) is 63.6. The number of hydrogen-bond acceptors (Lipinski definition) is 1. The highest BCUT2D eigenvalue weighted by molar-refractivity contribution is 7.20. The van der Waals surface area contributed by atoms with Crippen molar-refractivity contribution in [1.29, 1.82) is 0 Å². The molecular weight excluding hydrogens is 1570 g/mol. The Balaban J connectivity index is 0.000000105. The van der Waals surface area contributed by atoms with Crippen molar-refractivity contribution in [2.75, 3.05) is 0 Å². The second-order valence-electron chi connectivity index (χ2n) is 33.3. The summed E-state index contributed by atoms with van der Waals surface area (Å²) < 4.78 is 21.4. The first kappa shape index (κ1) is 73.9. The van der Waals surface area contributed by atoms with E-state index in [2.05, 4.69) is 513 Å². The number of para-hydroxylation sites is 12. The van der Waals surface area contributed by atoms with Gasteiger partial charge in [-0.05, 0) is 166 Å². The summed E-state index contributed by atoms with van der Waals surface area (Å²) in [6, 6.07) is 176. The molecule has 0 fully saturated rings. The fraction of sp³-hybridized carbons (Fsp3) is 0. The molecule has 0 bridgehead atoms. The summed E-state index contributed by atoms with van der Waals surface area (Å²) in [5.74, 6) is 0. The minimum absolute atomic E-state index is 0.908. The van der Waals surface area contributed by atoms with Gasteiger partial charge in [-0.1, -0.05) is 346 Å². The van der Waals surface area contributed by atoms with Crippen molar-refractivity contribution in [3.05, 3.63) is 485 Å². The molecule has 128 heavy (non-hydrogen) atoms. The van der Waals surface area contributed by atoms with Crippen molar-refractivity contribution in [2.45, 2.75) is 0 Å². The van der Waals surface area contributed by atoms with E-state index in [0.29, 0.717) is 0 Å². The topological polar surface area (TPSA) is 42.7 Å². The zero-order valence-electron chi connectivity index (χ0n) is 69.8. The minimum Gasteiger partial charge on any atom is -0.456 e. The largest absolute Gasteiger partial charge is 0.456 e. The molecule has 27 rings (SSSR count). The van der Waals surface area contributed by atoms with Crippen LogP contribution in [0.3, 0.4) is 0 Å². The van der Waals surface area contributed by atoms with Gasteiger partial charge in [-0.3, -0.25) is 0 Å². The predicted octanol–water partition coefficient (Wildman–Crippen LogP) is 28.6. The maximum atomic E-state index is 6.93. The van der Waals surface area contributed by atoms with Gasteiger partial charge in [0.05, 0.1) is 71.9 Å². The Morgan fingerprint density at radius 2 is 0.430 bits per heavy atom. The van der Waals surface area contributed by atoms with Crippen molar-refractivity contribution in [1.82, 2.24) is 27.4 Å². The third-order valence-corrected chi connectivity index (χ3v) is 31.2. The molecule has 0 aliphatic carbocycles. The van der Waals surface area contributed by atoms with E-state index >= 15 is 0 Å². The summed E-state index contributed by atoms with van der Waals surface area (Å²) >= 11 is 0. The number of rotatable bonds is 11. The Bertz CT molecular complexity index is 8720. The molecule has 0 radical (unpaired) electrons. The number of hydrogen-bond donors (Lipinski definition) is 0. The molecule has 0 spiro atoms. The number of aromatic nitrogens is 6. The van der Waals surface area contributed by atoms with Crippen LogP contribution in [0.2, 0.25) is 0 Å². The fourth-order valence-corrected chi connectivity index (χ4v) is 26.0. The van der Waals surface area contributed by atoms with Gasteiger partial charge in [0.2, 0.25) is 0 Å². The molecule has 20 aromatic carbocycles. The normalized spacial score (nSPS) is 11.9. The number of fused-ring (bicyclic) bond motifs is 21. The molecule has 7 heterocycles. The lowest BCUT2D eigenvalue weighted by atomic mass is 10.0. The Hall–Kier alpha value is -16.8. The molecule has 0 aliphatic heterocycles. The molecule has 0 N–H and O–H groups in total. The van der Waals surface area contributed by atoms with E-state index in [9.17, 15) is 0 Å². The Morgan fingerprint density at radius 1 is 0.164 bits per heavy atom. The van der Waals surface area contributed by atoms with Crippen LogP contribution in [0, 0.1) is 0 Å². The van der Waals surface area contributed by atoms with E-state index in [1.807, 2.05) is 0 Å². The Kier molecular flexibility index (Phi) is 17.5. The van der Waals surface area contributed by atoms with Gasteiger partial charge in [-0.25, -0.2) is 0 Å². The van der Waals surface area contributed by atoms with E-state index in [1.54, 1.807) is 0 Å². The molecule has 7 aromatic heterocycles. The summed E-state index contributed by atoms with van der Waals surface area (Å²) in [6.45, 7) is 0. The average molecular weight is 1650 g/mol. The molecule has 0 saturated heterocycles. The zero-order chi connectivity index (χ0) is 84.3. The lowest BCUT2D eigenvalue weighted by Crippen LogP contribution is -2.74. The van der Waals surface area contributed by atoms with Crippen molar-refractivity contribution < 1.29 is 4.42 Å². The summed E-state index contributed by atoms with van der Waals surface area (Å²) in [5, 5.41) is 22.6. The van der Waals surface area contributed by atoms with Crippen LogP contribution >= 0.6 is 0 Å². The Labute approximate surface area is 738 Å². The summed E-state index contributed by atoms with van der Waals surface area (Å²) in [6.07, 6.45) is 0. The quantitative estimate of drug-likeness (QED) is 0.0940. The van der Waals surface area contributed by atoms with E-state index in [1.165, 1.54) is 180 Å². The number of benzene rings is 20. The van der Waals surface area contributed by atoms with E-state index < -0.39 is 8.07 Å². The van der Waals surface area contributed by atoms with Crippen LogP contribution in [0.1, 0.15) is 0 Å². The molecule has 600 valence electrons. The molecule has 0 amide bonds. The van der Waals surface area contributed by atoms with Crippen molar-refractivity contribution in [3.8, 4) is 45.3 Å². The molecule has 0 saturated carbocycles. The molecule has 0 unspecified atom stereocenters. The standard InChI is InChI=1S/C42H27N3.C42H29NOSi.C36H24N2/c1-6-19-37-31(14-1)32-15-2-7-20-38(32)43(37)28-12-11-13-29(26-28)44-41-23-10-5-18-35(41)36-27-30(24-25-42(36)44)45-39-21-8-3-16-33(39)34-17-4-9-22-40(34)45;1-4-16-31(17-5-1)45(32-18-6-2-7-19-32,33-20-8-3-9-21-33)41-29-30(28-37-36-24-12-15-27-40(36)44-42(37)41)43-38-25-13-10-22-34(38)35-23-11-14-26-39(35)43;1-2-12-25(13-3-1)27-14-4-8-18-32(27)38-35-21-11-7-17-30(35)31-24-26(22-23-36(31)38)37-33-19-9-5-15-28(33)29-16-6-10-20-34(29)37/h1-27H;1-29H;1-24H. The van der Waals surface area contributed by atoms with Crippen LogP contribution in [-0.4, -0.2) is 35.5 Å². The van der Waals surface area contributed by atoms with Crippen LogP contribution in [0.15, 0.2) is 490 Å². The highest BCUT2D eigenvalue weighted by Gasteiger charge is 2.44. The average Bonchev–Trinajstić information content (AvgIpc) is 1.73. The van der Waals surface area contributed by atoms with Gasteiger partial charge >= 0.3 is 0 Å². The summed E-state index contributed by atoms with van der Waals surface area (Å²) in [5.41, 5.74) is 25.8. The van der Waals surface area contributed by atoms with Crippen LogP contribution in [0.25, 0.3) is 198 Å². The van der Waals surface area contributed by atoms with E-state index in [0.717, 1.165) is 39.0 Å². The van der Waals surface area contributed by atoms with Gasteiger partial charge < -0.3 is 31.8 Å². The number of nitrogens with zero attached hydrogens (tertiary/aromatic N) is 6. The predicted molar refractivity (Wildman–Crippen MR) is 542 cm³/mol. The summed E-state index contributed by atoms with van der Waals surface area (Å²) in [4.78, 5) is 0. The smallest absolute Gasteiger partial charge is 0.184 e.